The standard InChI is InChI=1S/C21H28N2O5S/c1-5-11-27-18-10-8-16(13-19(18)28-12-6-2)21(24)23-17-9-7-15(3)20(14-17)29(25,26)22-4/h7-10,13-14,22H,5-6,11-12H2,1-4H3,(H,23,24). The molecule has 0 fully saturated rings. The van der Waals surface area contributed by atoms with Gasteiger partial charge >= 0.3 is 0 Å². The summed E-state index contributed by atoms with van der Waals surface area (Å²) in [6.45, 7) is 6.77. The summed E-state index contributed by atoms with van der Waals surface area (Å²) < 4.78 is 38.0. The van der Waals surface area contributed by atoms with E-state index in [9.17, 15) is 13.2 Å². The molecule has 7 nitrogen and oxygen atoms in total. The van der Waals surface area contributed by atoms with E-state index >= 15 is 0 Å². The fraction of sp³-hybridized carbons (Fsp3) is 0.381. The van der Waals surface area contributed by atoms with Gasteiger partial charge in [-0.05, 0) is 62.7 Å². The number of aryl methyl sites for hydroxylation is 1. The molecule has 0 aliphatic heterocycles. The van der Waals surface area contributed by atoms with Crippen LogP contribution in [0.2, 0.25) is 0 Å². The largest absolute Gasteiger partial charge is 0.490 e. The number of anilines is 1. The molecule has 0 spiro atoms. The van der Waals surface area contributed by atoms with Gasteiger partial charge in [-0.15, -0.1) is 0 Å². The summed E-state index contributed by atoms with van der Waals surface area (Å²) in [6.07, 6.45) is 1.69. The lowest BCUT2D eigenvalue weighted by atomic mass is 10.1. The number of sulfonamides is 1. The molecule has 0 heterocycles. The molecule has 0 aliphatic rings. The number of amides is 1. The Kier molecular flexibility index (Phi) is 8.04. The van der Waals surface area contributed by atoms with Crippen molar-refractivity contribution in [3.63, 3.8) is 0 Å². The highest BCUT2D eigenvalue weighted by molar-refractivity contribution is 7.89. The van der Waals surface area contributed by atoms with E-state index < -0.39 is 10.0 Å². The van der Waals surface area contributed by atoms with Crippen LogP contribution in [0, 0.1) is 6.92 Å². The lowest BCUT2D eigenvalue weighted by Gasteiger charge is -2.14. The number of rotatable bonds is 10. The Hall–Kier alpha value is -2.58. The van der Waals surface area contributed by atoms with Crippen molar-refractivity contribution in [2.45, 2.75) is 38.5 Å². The summed E-state index contributed by atoms with van der Waals surface area (Å²) in [5.74, 6) is 0.731. The zero-order valence-electron chi connectivity index (χ0n) is 17.2. The van der Waals surface area contributed by atoms with Gasteiger partial charge < -0.3 is 14.8 Å². The molecule has 0 saturated carbocycles. The van der Waals surface area contributed by atoms with Crippen molar-refractivity contribution in [2.24, 2.45) is 0 Å². The van der Waals surface area contributed by atoms with Crippen LogP contribution >= 0.6 is 0 Å². The molecule has 0 saturated heterocycles. The first kappa shape index (κ1) is 22.7. The Labute approximate surface area is 172 Å². The highest BCUT2D eigenvalue weighted by Gasteiger charge is 2.17. The number of hydrogen-bond donors (Lipinski definition) is 2. The Morgan fingerprint density at radius 1 is 0.966 bits per heavy atom. The number of carbonyl (C=O) groups excluding carboxylic acids is 1. The highest BCUT2D eigenvalue weighted by Crippen LogP contribution is 2.29. The lowest BCUT2D eigenvalue weighted by molar-refractivity contribution is 0.102. The minimum atomic E-state index is -3.62. The third-order valence-corrected chi connectivity index (χ3v) is 5.69. The summed E-state index contributed by atoms with van der Waals surface area (Å²) in [6, 6.07) is 9.74. The molecule has 1 amide bonds. The van der Waals surface area contributed by atoms with Crippen LogP contribution in [0.3, 0.4) is 0 Å². The van der Waals surface area contributed by atoms with E-state index in [0.29, 0.717) is 41.5 Å². The quantitative estimate of drug-likeness (QED) is 0.611. The van der Waals surface area contributed by atoms with E-state index in [2.05, 4.69) is 10.0 Å². The Morgan fingerprint density at radius 2 is 1.62 bits per heavy atom. The first-order chi connectivity index (χ1) is 13.8. The van der Waals surface area contributed by atoms with Gasteiger partial charge in [0.1, 0.15) is 0 Å². The van der Waals surface area contributed by atoms with Crippen LogP contribution in [0.5, 0.6) is 11.5 Å². The first-order valence-electron chi connectivity index (χ1n) is 9.57. The molecule has 8 heteroatoms. The van der Waals surface area contributed by atoms with Gasteiger partial charge in [-0.25, -0.2) is 13.1 Å². The molecule has 0 atom stereocenters. The molecule has 2 aromatic carbocycles. The molecule has 0 unspecified atom stereocenters. The average Bonchev–Trinajstić information content (AvgIpc) is 2.72. The maximum Gasteiger partial charge on any atom is 0.255 e. The molecule has 2 N–H and O–H groups in total. The predicted octanol–water partition coefficient (Wildman–Crippen LogP) is 3.73. The summed E-state index contributed by atoms with van der Waals surface area (Å²) in [5.41, 5.74) is 1.36. The molecule has 0 radical (unpaired) electrons. The van der Waals surface area contributed by atoms with Crippen LogP contribution in [0.1, 0.15) is 42.6 Å². The zero-order valence-corrected chi connectivity index (χ0v) is 18.1. The Balaban J connectivity index is 2.27. The van der Waals surface area contributed by atoms with Gasteiger partial charge in [0.05, 0.1) is 18.1 Å². The smallest absolute Gasteiger partial charge is 0.255 e. The molecule has 0 aromatic heterocycles. The van der Waals surface area contributed by atoms with Crippen molar-refractivity contribution in [3.8, 4) is 11.5 Å². The minimum Gasteiger partial charge on any atom is -0.490 e. The molecule has 29 heavy (non-hydrogen) atoms. The second-order valence-electron chi connectivity index (χ2n) is 6.50. The van der Waals surface area contributed by atoms with E-state index in [4.69, 9.17) is 9.47 Å². The average molecular weight is 421 g/mol. The number of carbonyl (C=O) groups is 1. The van der Waals surface area contributed by atoms with E-state index in [1.165, 1.54) is 13.1 Å². The lowest BCUT2D eigenvalue weighted by Crippen LogP contribution is -2.20. The first-order valence-corrected chi connectivity index (χ1v) is 11.1. The SMILES string of the molecule is CCCOc1ccc(C(=O)Nc2ccc(C)c(S(=O)(=O)NC)c2)cc1OCCC. The molecule has 0 bridgehead atoms. The highest BCUT2D eigenvalue weighted by atomic mass is 32.2. The summed E-state index contributed by atoms with van der Waals surface area (Å²) >= 11 is 0. The number of benzene rings is 2. The van der Waals surface area contributed by atoms with Crippen molar-refractivity contribution in [3.05, 3.63) is 47.5 Å². The van der Waals surface area contributed by atoms with E-state index in [-0.39, 0.29) is 10.8 Å². The van der Waals surface area contributed by atoms with Gasteiger partial charge in [-0.3, -0.25) is 4.79 Å². The van der Waals surface area contributed by atoms with E-state index in [0.717, 1.165) is 12.8 Å². The van der Waals surface area contributed by atoms with E-state index in [1.807, 2.05) is 13.8 Å². The summed E-state index contributed by atoms with van der Waals surface area (Å²) in [7, 11) is -2.27. The van der Waals surface area contributed by atoms with Crippen molar-refractivity contribution in [2.75, 3.05) is 25.6 Å². The van der Waals surface area contributed by atoms with Gasteiger partial charge in [0, 0.05) is 11.3 Å². The maximum atomic E-state index is 12.7. The topological polar surface area (TPSA) is 93.7 Å². The third kappa shape index (κ3) is 5.95. The molecule has 2 aromatic rings. The van der Waals surface area contributed by atoms with Crippen LogP contribution < -0.4 is 19.5 Å². The van der Waals surface area contributed by atoms with Crippen molar-refractivity contribution < 1.29 is 22.7 Å². The Bertz CT molecular complexity index is 958. The number of ether oxygens (including phenoxy) is 2. The fourth-order valence-electron chi connectivity index (χ4n) is 2.59. The van der Waals surface area contributed by atoms with Crippen molar-refractivity contribution in [1.29, 1.82) is 0 Å². The van der Waals surface area contributed by atoms with Crippen molar-refractivity contribution >= 4 is 21.6 Å². The maximum absolute atomic E-state index is 12.7. The van der Waals surface area contributed by atoms with Crippen molar-refractivity contribution in [1.82, 2.24) is 4.72 Å². The van der Waals surface area contributed by atoms with Gasteiger partial charge in [0.25, 0.3) is 5.91 Å². The van der Waals surface area contributed by atoms with Crippen LogP contribution in [0.15, 0.2) is 41.3 Å². The van der Waals surface area contributed by atoms with Crippen LogP contribution in [0.25, 0.3) is 0 Å². The van der Waals surface area contributed by atoms with E-state index in [1.54, 1.807) is 37.3 Å². The second kappa shape index (κ2) is 10.3. The Morgan fingerprint density at radius 3 is 2.24 bits per heavy atom. The summed E-state index contributed by atoms with van der Waals surface area (Å²) in [4.78, 5) is 12.8. The molecule has 2 rings (SSSR count). The van der Waals surface area contributed by atoms with Crippen LogP contribution in [0.4, 0.5) is 5.69 Å². The predicted molar refractivity (Wildman–Crippen MR) is 113 cm³/mol. The molecular weight excluding hydrogens is 392 g/mol. The zero-order chi connectivity index (χ0) is 21.4. The molecule has 0 aliphatic carbocycles. The minimum absolute atomic E-state index is 0.119. The monoisotopic (exact) mass is 420 g/mol. The number of nitrogens with one attached hydrogen (secondary N) is 2. The number of hydrogen-bond acceptors (Lipinski definition) is 5. The normalized spacial score (nSPS) is 11.2. The fourth-order valence-corrected chi connectivity index (χ4v) is 3.58. The van der Waals surface area contributed by atoms with Crippen LogP contribution in [-0.2, 0) is 10.0 Å². The van der Waals surface area contributed by atoms with Gasteiger partial charge in [-0.2, -0.15) is 0 Å². The van der Waals surface area contributed by atoms with Gasteiger partial charge in [0.15, 0.2) is 11.5 Å². The second-order valence-corrected chi connectivity index (χ2v) is 8.36. The van der Waals surface area contributed by atoms with Crippen LogP contribution in [-0.4, -0.2) is 34.6 Å². The molecule has 158 valence electrons. The summed E-state index contributed by atoms with van der Waals surface area (Å²) in [5, 5.41) is 2.74. The van der Waals surface area contributed by atoms with Gasteiger partial charge in [0.2, 0.25) is 10.0 Å². The third-order valence-electron chi connectivity index (χ3n) is 4.13. The molecular formula is C21H28N2O5S. The van der Waals surface area contributed by atoms with Gasteiger partial charge in [-0.1, -0.05) is 19.9 Å².